The van der Waals surface area contributed by atoms with Gasteiger partial charge in [0.1, 0.15) is 0 Å². The molecule has 0 bridgehead atoms. The predicted octanol–water partition coefficient (Wildman–Crippen LogP) is 2.76. The maximum absolute atomic E-state index is 11.8. The number of hydrogen-bond donors (Lipinski definition) is 1. The van der Waals surface area contributed by atoms with E-state index in [9.17, 15) is 4.79 Å². The highest BCUT2D eigenvalue weighted by atomic mass is 35.5. The molecule has 0 saturated carbocycles. The third-order valence-electron chi connectivity index (χ3n) is 2.20. The van der Waals surface area contributed by atoms with E-state index in [1.54, 1.807) is 19.1 Å². The zero-order valence-corrected chi connectivity index (χ0v) is 10.2. The summed E-state index contributed by atoms with van der Waals surface area (Å²) in [6.07, 6.45) is 0. The summed E-state index contributed by atoms with van der Waals surface area (Å²) >= 11 is 5.92. The van der Waals surface area contributed by atoms with Crippen LogP contribution in [-0.4, -0.2) is 11.1 Å². The summed E-state index contributed by atoms with van der Waals surface area (Å²) in [5, 5.41) is 15.3. The molecule has 1 aromatic heterocycles. The van der Waals surface area contributed by atoms with E-state index in [0.717, 1.165) is 0 Å². The maximum atomic E-state index is 11.8. The Morgan fingerprint density at radius 1 is 1.50 bits per heavy atom. The number of hydrogen-bond acceptors (Lipinski definition) is 4. The Morgan fingerprint density at radius 3 is 2.89 bits per heavy atom. The van der Waals surface area contributed by atoms with Crippen molar-refractivity contribution in [1.29, 1.82) is 5.26 Å². The van der Waals surface area contributed by atoms with E-state index in [0.29, 0.717) is 22.0 Å². The fraction of sp³-hybridized carbons (Fsp3) is 0.0833. The summed E-state index contributed by atoms with van der Waals surface area (Å²) in [7, 11) is 0. The second kappa shape index (κ2) is 4.90. The van der Waals surface area contributed by atoms with Crippen molar-refractivity contribution in [1.82, 2.24) is 5.16 Å². The fourth-order valence-corrected chi connectivity index (χ4v) is 1.51. The standard InChI is InChI=1S/C12H8ClN3O2/c1-7-4-11(18-16-7)12(17)15-10-5-8(6-14)2-3-9(10)13/h2-5H,1H3,(H,15,17). The molecule has 0 saturated heterocycles. The zero-order chi connectivity index (χ0) is 13.1. The number of carbonyl (C=O) groups is 1. The van der Waals surface area contributed by atoms with Crippen LogP contribution < -0.4 is 5.32 Å². The molecule has 18 heavy (non-hydrogen) atoms. The van der Waals surface area contributed by atoms with Crippen LogP contribution in [0, 0.1) is 18.3 Å². The summed E-state index contributed by atoms with van der Waals surface area (Å²) in [6.45, 7) is 1.71. The lowest BCUT2D eigenvalue weighted by Gasteiger charge is -2.05. The van der Waals surface area contributed by atoms with Crippen LogP contribution >= 0.6 is 11.6 Å². The van der Waals surface area contributed by atoms with E-state index < -0.39 is 5.91 Å². The average molecular weight is 262 g/mol. The molecule has 90 valence electrons. The first kappa shape index (κ1) is 12.1. The number of anilines is 1. The van der Waals surface area contributed by atoms with E-state index in [-0.39, 0.29) is 5.76 Å². The van der Waals surface area contributed by atoms with Crippen molar-refractivity contribution in [2.24, 2.45) is 0 Å². The molecule has 0 atom stereocenters. The van der Waals surface area contributed by atoms with Crippen molar-refractivity contribution in [3.05, 3.63) is 46.3 Å². The molecule has 2 aromatic rings. The highest BCUT2D eigenvalue weighted by Gasteiger charge is 2.13. The highest BCUT2D eigenvalue weighted by molar-refractivity contribution is 6.33. The van der Waals surface area contributed by atoms with Gasteiger partial charge in [-0.05, 0) is 25.1 Å². The van der Waals surface area contributed by atoms with E-state index in [4.69, 9.17) is 21.4 Å². The van der Waals surface area contributed by atoms with Gasteiger partial charge in [-0.2, -0.15) is 5.26 Å². The van der Waals surface area contributed by atoms with Gasteiger partial charge in [-0.15, -0.1) is 0 Å². The average Bonchev–Trinajstić information content (AvgIpc) is 2.79. The van der Waals surface area contributed by atoms with Gasteiger partial charge >= 0.3 is 0 Å². The third-order valence-corrected chi connectivity index (χ3v) is 2.53. The first-order valence-corrected chi connectivity index (χ1v) is 5.42. The van der Waals surface area contributed by atoms with Gasteiger partial charge in [0.25, 0.3) is 5.91 Å². The molecule has 0 unspecified atom stereocenters. The number of halogens is 1. The van der Waals surface area contributed by atoms with Crippen LogP contribution in [0.1, 0.15) is 21.8 Å². The summed E-state index contributed by atoms with van der Waals surface area (Å²) in [4.78, 5) is 11.8. The SMILES string of the molecule is Cc1cc(C(=O)Nc2cc(C#N)ccc2Cl)on1. The second-order valence-electron chi connectivity index (χ2n) is 3.59. The van der Waals surface area contributed by atoms with Crippen molar-refractivity contribution >= 4 is 23.2 Å². The maximum Gasteiger partial charge on any atom is 0.294 e. The first-order chi connectivity index (χ1) is 8.60. The monoisotopic (exact) mass is 261 g/mol. The van der Waals surface area contributed by atoms with Gasteiger partial charge in [-0.3, -0.25) is 4.79 Å². The lowest BCUT2D eigenvalue weighted by molar-refractivity contribution is 0.0988. The normalized spacial score (nSPS) is 9.83. The summed E-state index contributed by atoms with van der Waals surface area (Å²) < 4.78 is 4.82. The molecule has 2 rings (SSSR count). The molecule has 0 aliphatic carbocycles. The molecule has 0 fully saturated rings. The minimum atomic E-state index is -0.465. The summed E-state index contributed by atoms with van der Waals surface area (Å²) in [5.74, 6) is -0.376. The minimum absolute atomic E-state index is 0.0888. The quantitative estimate of drug-likeness (QED) is 0.901. The van der Waals surface area contributed by atoms with Crippen molar-refractivity contribution in [3.8, 4) is 6.07 Å². The molecule has 1 heterocycles. The van der Waals surface area contributed by atoms with Crippen LogP contribution in [0.4, 0.5) is 5.69 Å². The van der Waals surface area contributed by atoms with E-state index in [1.165, 1.54) is 12.1 Å². The Hall–Kier alpha value is -2.32. The number of benzene rings is 1. The van der Waals surface area contributed by atoms with Crippen LogP contribution in [0.2, 0.25) is 5.02 Å². The largest absolute Gasteiger partial charge is 0.351 e. The van der Waals surface area contributed by atoms with Gasteiger partial charge in [0.15, 0.2) is 0 Å². The number of nitrogens with one attached hydrogen (secondary N) is 1. The van der Waals surface area contributed by atoms with Crippen LogP contribution in [-0.2, 0) is 0 Å². The smallest absolute Gasteiger partial charge is 0.294 e. The number of aromatic nitrogens is 1. The van der Waals surface area contributed by atoms with Crippen LogP contribution in [0.3, 0.4) is 0 Å². The lowest BCUT2D eigenvalue weighted by Crippen LogP contribution is -2.11. The topological polar surface area (TPSA) is 78.9 Å². The Bertz CT molecular complexity index is 643. The molecule has 0 radical (unpaired) electrons. The van der Waals surface area contributed by atoms with Gasteiger partial charge in [0, 0.05) is 6.07 Å². The van der Waals surface area contributed by atoms with Crippen molar-refractivity contribution in [2.45, 2.75) is 6.92 Å². The molecule has 0 spiro atoms. The van der Waals surface area contributed by atoms with Gasteiger partial charge in [0.05, 0.1) is 28.0 Å². The summed E-state index contributed by atoms with van der Waals surface area (Å²) in [5.41, 5.74) is 1.37. The molecule has 1 N–H and O–H groups in total. The predicted molar refractivity (Wildman–Crippen MR) is 65.4 cm³/mol. The fourth-order valence-electron chi connectivity index (χ4n) is 1.35. The van der Waals surface area contributed by atoms with Crippen molar-refractivity contribution in [2.75, 3.05) is 5.32 Å². The van der Waals surface area contributed by atoms with E-state index >= 15 is 0 Å². The van der Waals surface area contributed by atoms with Crippen LogP contribution in [0.25, 0.3) is 0 Å². The first-order valence-electron chi connectivity index (χ1n) is 5.04. The number of carbonyl (C=O) groups excluding carboxylic acids is 1. The Balaban J connectivity index is 2.24. The van der Waals surface area contributed by atoms with Gasteiger partial charge in [-0.25, -0.2) is 0 Å². The number of rotatable bonds is 2. The number of amides is 1. The van der Waals surface area contributed by atoms with Gasteiger partial charge in [0.2, 0.25) is 5.76 Å². The Labute approximate surface area is 108 Å². The Kier molecular flexibility index (Phi) is 3.31. The Morgan fingerprint density at radius 2 is 2.28 bits per heavy atom. The van der Waals surface area contributed by atoms with Crippen LogP contribution in [0.5, 0.6) is 0 Å². The molecular formula is C12H8ClN3O2. The van der Waals surface area contributed by atoms with Crippen molar-refractivity contribution in [3.63, 3.8) is 0 Å². The molecule has 0 aliphatic rings. The highest BCUT2D eigenvalue weighted by Crippen LogP contribution is 2.23. The molecule has 1 amide bonds. The molecule has 1 aromatic carbocycles. The van der Waals surface area contributed by atoms with Gasteiger partial charge in [-0.1, -0.05) is 16.8 Å². The minimum Gasteiger partial charge on any atom is -0.351 e. The lowest BCUT2D eigenvalue weighted by atomic mass is 10.2. The number of nitrogens with zero attached hydrogens (tertiary/aromatic N) is 2. The molecule has 6 heteroatoms. The van der Waals surface area contributed by atoms with Crippen molar-refractivity contribution < 1.29 is 9.32 Å². The third kappa shape index (κ3) is 2.50. The van der Waals surface area contributed by atoms with Crippen LogP contribution in [0.15, 0.2) is 28.8 Å². The zero-order valence-electron chi connectivity index (χ0n) is 9.40. The molecule has 0 aliphatic heterocycles. The van der Waals surface area contributed by atoms with Gasteiger partial charge < -0.3 is 9.84 Å². The summed E-state index contributed by atoms with van der Waals surface area (Å²) in [6, 6.07) is 8.08. The number of nitriles is 1. The molecule has 5 nitrogen and oxygen atoms in total. The second-order valence-corrected chi connectivity index (χ2v) is 4.00. The molecular weight excluding hydrogens is 254 g/mol. The van der Waals surface area contributed by atoms with E-state index in [1.807, 2.05) is 6.07 Å². The number of aryl methyl sites for hydroxylation is 1. The van der Waals surface area contributed by atoms with E-state index in [2.05, 4.69) is 10.5 Å².